The van der Waals surface area contributed by atoms with Crippen molar-refractivity contribution in [3.8, 4) is 56.3 Å². The van der Waals surface area contributed by atoms with Gasteiger partial charge in [-0.15, -0.1) is 12.1 Å². The number of nitrogens with zero attached hydrogens (tertiary/aromatic N) is 4. The van der Waals surface area contributed by atoms with E-state index in [2.05, 4.69) is 173 Å². The van der Waals surface area contributed by atoms with Crippen molar-refractivity contribution in [3.05, 3.63) is 150 Å². The number of aromatic hydroxyl groups is 1. The first kappa shape index (κ1) is 47.9. The molecule has 0 aliphatic heterocycles. The minimum atomic E-state index is -0.359. The molecule has 0 saturated heterocycles. The van der Waals surface area contributed by atoms with E-state index >= 15 is 0 Å². The molecule has 0 bridgehead atoms. The van der Waals surface area contributed by atoms with Crippen LogP contribution < -0.4 is 0 Å². The first-order valence-corrected chi connectivity index (χ1v) is 24.3. The monoisotopic (exact) mass is 1120 g/mol. The van der Waals surface area contributed by atoms with Crippen LogP contribution in [0, 0.1) is 11.5 Å². The van der Waals surface area contributed by atoms with Gasteiger partial charge >= 0.3 is 0 Å². The van der Waals surface area contributed by atoms with Crippen LogP contribution in [0.3, 0.4) is 0 Å². The summed E-state index contributed by atoms with van der Waals surface area (Å²) in [6, 6.07) is 43.6. The van der Waals surface area contributed by atoms with Gasteiger partial charge in [0.25, 0.3) is 5.78 Å². The molecule has 0 atom stereocenters. The molecule has 5 heterocycles. The fourth-order valence-corrected chi connectivity index (χ4v) is 9.72. The van der Waals surface area contributed by atoms with Gasteiger partial charge in [-0.1, -0.05) is 155 Å². The van der Waals surface area contributed by atoms with Gasteiger partial charge in [0.1, 0.15) is 22.7 Å². The number of furan rings is 2. The zero-order valence-electron chi connectivity index (χ0n) is 42.5. The third kappa shape index (κ3) is 8.58. The SMILES string of the molecule is CC(C)(C)Cc1nc2ccc(-c3ccnc(-c4[c-]c5c(cc4)oc4oc6ccc7c(nc(-c8cc(C(C)(C)C)cc(C(C)(C)C)c8O)n7-c7ccc(C(C)(C)C)cc7-c7ccccc7)c6c45)c3)cc2o1.[Pt]. The van der Waals surface area contributed by atoms with E-state index in [-0.39, 0.29) is 48.5 Å². The Morgan fingerprint density at radius 2 is 1.30 bits per heavy atom. The van der Waals surface area contributed by atoms with E-state index in [1.54, 1.807) is 0 Å². The molecule has 0 amide bonds. The Balaban J connectivity index is 0.00000582. The maximum atomic E-state index is 12.6. The van der Waals surface area contributed by atoms with Crippen LogP contribution in [0.4, 0.5) is 0 Å². The van der Waals surface area contributed by atoms with Crippen molar-refractivity contribution in [2.45, 2.75) is 106 Å². The third-order valence-corrected chi connectivity index (χ3v) is 13.5. The molecule has 9 heteroatoms. The average molecular weight is 1120 g/mol. The summed E-state index contributed by atoms with van der Waals surface area (Å²) < 4.78 is 21.5. The van der Waals surface area contributed by atoms with Gasteiger partial charge < -0.3 is 18.4 Å². The number of phenols is 1. The van der Waals surface area contributed by atoms with Gasteiger partial charge in [-0.25, -0.2) is 9.97 Å². The summed E-state index contributed by atoms with van der Waals surface area (Å²) >= 11 is 0. The second-order valence-corrected chi connectivity index (χ2v) is 23.3. The summed E-state index contributed by atoms with van der Waals surface area (Å²) in [5.41, 5.74) is 14.3. The second-order valence-electron chi connectivity index (χ2n) is 23.3. The van der Waals surface area contributed by atoms with Crippen molar-refractivity contribution >= 4 is 55.2 Å². The Morgan fingerprint density at radius 3 is 2.01 bits per heavy atom. The quantitative estimate of drug-likeness (QED) is 0.165. The zero-order chi connectivity index (χ0) is 49.2. The van der Waals surface area contributed by atoms with Crippen molar-refractivity contribution in [2.75, 3.05) is 0 Å². The number of fused-ring (bicyclic) bond motifs is 8. The summed E-state index contributed by atoms with van der Waals surface area (Å²) in [5.74, 6) is 1.97. The van der Waals surface area contributed by atoms with E-state index in [0.717, 1.165) is 101 Å². The zero-order valence-corrected chi connectivity index (χ0v) is 44.8. The summed E-state index contributed by atoms with van der Waals surface area (Å²) in [6.45, 7) is 26.4. The molecule has 6 aromatic carbocycles. The summed E-state index contributed by atoms with van der Waals surface area (Å²) in [4.78, 5) is 15.2. The van der Waals surface area contributed by atoms with Crippen LogP contribution in [0.1, 0.15) is 106 Å². The minimum absolute atomic E-state index is 0. The Labute approximate surface area is 429 Å². The number of hydrogen-bond acceptors (Lipinski definition) is 7. The summed E-state index contributed by atoms with van der Waals surface area (Å²) in [7, 11) is 0. The average Bonchev–Trinajstić information content (AvgIpc) is 4.07. The fourth-order valence-electron chi connectivity index (χ4n) is 9.72. The summed E-state index contributed by atoms with van der Waals surface area (Å²) in [6.07, 6.45) is 2.59. The Bertz CT molecular complexity index is 3860. The number of aromatic nitrogens is 4. The van der Waals surface area contributed by atoms with E-state index < -0.39 is 0 Å². The number of benzene rings is 6. The molecule has 0 saturated carbocycles. The van der Waals surface area contributed by atoms with Crippen LogP contribution >= 0.6 is 0 Å². The van der Waals surface area contributed by atoms with Gasteiger partial charge in [0.05, 0.1) is 27.9 Å². The molecular weight excluding hydrogens is 1060 g/mol. The van der Waals surface area contributed by atoms with Crippen molar-refractivity contribution in [1.82, 2.24) is 19.5 Å². The maximum absolute atomic E-state index is 12.6. The Hall–Kier alpha value is -6.76. The molecule has 1 N–H and O–H groups in total. The van der Waals surface area contributed by atoms with Crippen LogP contribution in [-0.4, -0.2) is 24.6 Å². The number of rotatable bonds is 6. The van der Waals surface area contributed by atoms with Crippen molar-refractivity contribution in [3.63, 3.8) is 0 Å². The number of imidazole rings is 1. The molecule has 0 aliphatic carbocycles. The van der Waals surface area contributed by atoms with Gasteiger partial charge in [0, 0.05) is 61.3 Å². The molecule has 11 rings (SSSR count). The van der Waals surface area contributed by atoms with Crippen molar-refractivity contribution < 1.29 is 39.4 Å². The topological polar surface area (TPSA) is 103 Å². The number of hydrogen-bond donors (Lipinski definition) is 1. The molecule has 0 aliphatic rings. The number of phenolic OH excluding ortho intramolecular Hbond substituents is 1. The first-order valence-electron chi connectivity index (χ1n) is 24.3. The van der Waals surface area contributed by atoms with Gasteiger partial charge in [0.15, 0.2) is 11.5 Å². The first-order chi connectivity index (χ1) is 33.1. The fraction of sp³-hybridized carbons (Fsp3) is 0.274. The Kier molecular flexibility index (Phi) is 11.4. The predicted molar refractivity (Wildman–Crippen MR) is 285 cm³/mol. The van der Waals surface area contributed by atoms with E-state index in [1.807, 2.05) is 42.6 Å². The molecule has 0 radical (unpaired) electrons. The van der Waals surface area contributed by atoms with Crippen LogP contribution in [0.2, 0.25) is 0 Å². The normalized spacial score (nSPS) is 12.8. The standard InChI is InChI=1S/C62H59N4O4.Pt/c1-59(2,3)34-52-64-45-21-18-36(30-51(45)68-52)37-26-27-63-46(29-37)38-19-24-49-42(28-38)53-54-50(70-58(53)69-49)25-23-48-55(54)65-57(43-32-40(61(7,8)9)33-44(56(43)67)62(10,11)12)66(48)47-22-20-39(60(4,5)6)31-41(47)35-16-14-13-15-17-35;/h13-27,29-33,67H,34H2,1-12H3;/q-1;. The second kappa shape index (κ2) is 16.9. The van der Waals surface area contributed by atoms with E-state index in [0.29, 0.717) is 28.3 Å². The molecule has 11 aromatic rings. The summed E-state index contributed by atoms with van der Waals surface area (Å²) in [5, 5.41) is 14.9. The van der Waals surface area contributed by atoms with Gasteiger partial charge in [-0.2, -0.15) is 0 Å². The van der Waals surface area contributed by atoms with E-state index in [1.165, 1.54) is 5.56 Å². The molecule has 362 valence electrons. The van der Waals surface area contributed by atoms with E-state index in [4.69, 9.17) is 28.2 Å². The molecule has 8 nitrogen and oxygen atoms in total. The smallest absolute Gasteiger partial charge is 0.254 e. The number of oxazole rings is 1. The predicted octanol–water partition coefficient (Wildman–Crippen LogP) is 16.9. The van der Waals surface area contributed by atoms with Gasteiger partial charge in [-0.3, -0.25) is 9.55 Å². The molecule has 0 unspecified atom stereocenters. The van der Waals surface area contributed by atoms with E-state index in [9.17, 15) is 5.11 Å². The minimum Gasteiger partial charge on any atom is -0.507 e. The van der Waals surface area contributed by atoms with Crippen LogP contribution in [-0.2, 0) is 43.7 Å². The van der Waals surface area contributed by atoms with Crippen molar-refractivity contribution in [2.24, 2.45) is 5.41 Å². The van der Waals surface area contributed by atoms with Crippen LogP contribution in [0.25, 0.3) is 106 Å². The van der Waals surface area contributed by atoms with Crippen molar-refractivity contribution in [1.29, 1.82) is 0 Å². The maximum Gasteiger partial charge on any atom is 0.254 e. The Morgan fingerprint density at radius 1 is 0.592 bits per heavy atom. The molecule has 0 spiro atoms. The molecule has 5 aromatic heterocycles. The van der Waals surface area contributed by atoms with Gasteiger partial charge in [0.2, 0.25) is 0 Å². The largest absolute Gasteiger partial charge is 0.507 e. The van der Waals surface area contributed by atoms with Gasteiger partial charge in [-0.05, 0) is 98.0 Å². The van der Waals surface area contributed by atoms with Crippen LogP contribution in [0.5, 0.6) is 5.75 Å². The third-order valence-electron chi connectivity index (χ3n) is 13.5. The molecule has 71 heavy (non-hydrogen) atoms. The molecular formula is C62H59N4O4Pt-. The number of pyridine rings is 1. The van der Waals surface area contributed by atoms with Crippen LogP contribution in [0.15, 0.2) is 135 Å². The molecule has 0 fully saturated rings.